The molecule has 0 unspecified atom stereocenters. The Hall–Kier alpha value is -3.15. The first kappa shape index (κ1) is 17.7. The number of hydrogen-bond donors (Lipinski definition) is 1. The summed E-state index contributed by atoms with van der Waals surface area (Å²) < 4.78 is 5.82. The van der Waals surface area contributed by atoms with Crippen LogP contribution in [0.25, 0.3) is 0 Å². The molecule has 0 saturated carbocycles. The predicted molar refractivity (Wildman–Crippen MR) is 99.6 cm³/mol. The SMILES string of the molecule is CC(C)(C)c1ccc(OCc2ccc(C(=O)Nn3cncn3)cc2)cc1. The molecule has 1 heterocycles. The highest BCUT2D eigenvalue weighted by atomic mass is 16.5. The van der Waals surface area contributed by atoms with Gasteiger partial charge in [-0.05, 0) is 40.8 Å². The summed E-state index contributed by atoms with van der Waals surface area (Å²) in [4.78, 5) is 17.1. The van der Waals surface area contributed by atoms with Crippen molar-refractivity contribution in [3.63, 3.8) is 0 Å². The Kier molecular flexibility index (Phi) is 5.02. The molecular weight excluding hydrogens is 328 g/mol. The minimum atomic E-state index is -0.249. The normalized spacial score (nSPS) is 11.2. The number of aromatic nitrogens is 3. The zero-order valence-corrected chi connectivity index (χ0v) is 15.1. The van der Waals surface area contributed by atoms with Gasteiger partial charge >= 0.3 is 0 Å². The van der Waals surface area contributed by atoms with Crippen molar-refractivity contribution in [3.8, 4) is 5.75 Å². The molecule has 6 heteroatoms. The van der Waals surface area contributed by atoms with Crippen molar-refractivity contribution < 1.29 is 9.53 Å². The number of hydrogen-bond acceptors (Lipinski definition) is 4. The molecular formula is C20H22N4O2. The lowest BCUT2D eigenvalue weighted by molar-refractivity contribution is 0.100. The van der Waals surface area contributed by atoms with Crippen LogP contribution in [-0.4, -0.2) is 20.8 Å². The van der Waals surface area contributed by atoms with E-state index in [9.17, 15) is 4.79 Å². The van der Waals surface area contributed by atoms with Crippen LogP contribution in [0.4, 0.5) is 0 Å². The first-order valence-electron chi connectivity index (χ1n) is 8.40. The van der Waals surface area contributed by atoms with Gasteiger partial charge in [0.25, 0.3) is 5.91 Å². The minimum absolute atomic E-state index is 0.126. The van der Waals surface area contributed by atoms with E-state index < -0.39 is 0 Å². The Morgan fingerprint density at radius 3 is 2.35 bits per heavy atom. The monoisotopic (exact) mass is 350 g/mol. The van der Waals surface area contributed by atoms with Crippen molar-refractivity contribution in [2.75, 3.05) is 5.43 Å². The summed E-state index contributed by atoms with van der Waals surface area (Å²) in [5, 5.41) is 3.84. The molecule has 1 amide bonds. The second kappa shape index (κ2) is 7.39. The van der Waals surface area contributed by atoms with Gasteiger partial charge in [-0.15, -0.1) is 5.10 Å². The molecule has 0 spiro atoms. The zero-order chi connectivity index (χ0) is 18.6. The molecule has 1 N–H and O–H groups in total. The molecule has 2 aromatic carbocycles. The van der Waals surface area contributed by atoms with Crippen LogP contribution in [0.5, 0.6) is 5.75 Å². The number of benzene rings is 2. The molecule has 6 nitrogen and oxygen atoms in total. The minimum Gasteiger partial charge on any atom is -0.489 e. The number of nitrogens with one attached hydrogen (secondary N) is 1. The number of rotatable bonds is 5. The predicted octanol–water partition coefficient (Wildman–Crippen LogP) is 3.54. The number of carbonyl (C=O) groups excluding carboxylic acids is 1. The van der Waals surface area contributed by atoms with E-state index in [0.717, 1.165) is 11.3 Å². The van der Waals surface area contributed by atoms with Gasteiger partial charge in [0.1, 0.15) is 25.0 Å². The van der Waals surface area contributed by atoms with E-state index in [2.05, 4.69) is 48.4 Å². The highest BCUT2D eigenvalue weighted by molar-refractivity contribution is 5.99. The average Bonchev–Trinajstić information content (AvgIpc) is 3.13. The van der Waals surface area contributed by atoms with Gasteiger partial charge in [-0.2, -0.15) is 4.79 Å². The standard InChI is InChI=1S/C20H22N4O2/c1-20(2,3)17-8-10-18(11-9-17)26-12-15-4-6-16(7-5-15)19(25)23-24-14-21-13-22-24/h4-11,13-14H,12H2,1-3H3,(H,23,25). The van der Waals surface area contributed by atoms with Crippen molar-refractivity contribution in [2.45, 2.75) is 32.8 Å². The fraction of sp³-hybridized carbons (Fsp3) is 0.250. The number of amides is 1. The van der Waals surface area contributed by atoms with Crippen molar-refractivity contribution >= 4 is 5.91 Å². The lowest BCUT2D eigenvalue weighted by atomic mass is 9.87. The average molecular weight is 350 g/mol. The topological polar surface area (TPSA) is 69.0 Å². The summed E-state index contributed by atoms with van der Waals surface area (Å²) in [6.45, 7) is 7.00. The van der Waals surface area contributed by atoms with Gasteiger partial charge in [0.2, 0.25) is 0 Å². The lowest BCUT2D eigenvalue weighted by Gasteiger charge is -2.19. The van der Waals surface area contributed by atoms with Gasteiger partial charge in [-0.1, -0.05) is 45.0 Å². The Bertz CT molecular complexity index is 848. The molecule has 0 bridgehead atoms. The van der Waals surface area contributed by atoms with E-state index >= 15 is 0 Å². The molecule has 3 rings (SSSR count). The Labute approximate surface area is 152 Å². The molecule has 0 aliphatic heterocycles. The van der Waals surface area contributed by atoms with E-state index in [1.165, 1.54) is 23.0 Å². The van der Waals surface area contributed by atoms with E-state index in [4.69, 9.17) is 4.74 Å². The fourth-order valence-corrected chi connectivity index (χ4v) is 2.40. The Morgan fingerprint density at radius 1 is 1.08 bits per heavy atom. The van der Waals surface area contributed by atoms with Crippen molar-refractivity contribution in [2.24, 2.45) is 0 Å². The van der Waals surface area contributed by atoms with Crippen LogP contribution in [0, 0.1) is 0 Å². The molecule has 0 aliphatic rings. The molecule has 0 radical (unpaired) electrons. The molecule has 134 valence electrons. The number of nitrogens with zero attached hydrogens (tertiary/aromatic N) is 3. The van der Waals surface area contributed by atoms with Crippen LogP contribution in [-0.2, 0) is 12.0 Å². The van der Waals surface area contributed by atoms with Crippen molar-refractivity contribution in [3.05, 3.63) is 77.9 Å². The summed E-state index contributed by atoms with van der Waals surface area (Å²) in [6, 6.07) is 15.4. The van der Waals surface area contributed by atoms with Crippen LogP contribution in [0.3, 0.4) is 0 Å². The number of ether oxygens (including phenoxy) is 1. The summed E-state index contributed by atoms with van der Waals surface area (Å²) in [6.07, 6.45) is 2.78. The second-order valence-electron chi connectivity index (χ2n) is 7.04. The molecule has 0 saturated heterocycles. The molecule has 0 fully saturated rings. The molecule has 3 aromatic rings. The van der Waals surface area contributed by atoms with Crippen molar-refractivity contribution in [1.29, 1.82) is 0 Å². The van der Waals surface area contributed by atoms with Crippen LogP contribution >= 0.6 is 0 Å². The maximum atomic E-state index is 12.1. The van der Waals surface area contributed by atoms with Gasteiger partial charge < -0.3 is 4.74 Å². The molecule has 1 aromatic heterocycles. The number of carbonyl (C=O) groups is 1. The van der Waals surface area contributed by atoms with E-state index in [0.29, 0.717) is 12.2 Å². The second-order valence-corrected chi connectivity index (χ2v) is 7.04. The highest BCUT2D eigenvalue weighted by Gasteiger charge is 2.13. The largest absolute Gasteiger partial charge is 0.489 e. The molecule has 26 heavy (non-hydrogen) atoms. The Morgan fingerprint density at radius 2 is 1.77 bits per heavy atom. The summed E-state index contributed by atoms with van der Waals surface area (Å²) in [5.41, 5.74) is 5.53. The van der Waals surface area contributed by atoms with Crippen LogP contribution in [0.1, 0.15) is 42.3 Å². The van der Waals surface area contributed by atoms with Gasteiger partial charge in [0.05, 0.1) is 0 Å². The van der Waals surface area contributed by atoms with E-state index in [1.54, 1.807) is 12.1 Å². The third-order valence-electron chi connectivity index (χ3n) is 3.98. The fourth-order valence-electron chi connectivity index (χ4n) is 2.40. The van der Waals surface area contributed by atoms with Gasteiger partial charge in [-0.3, -0.25) is 4.79 Å². The molecule has 0 aliphatic carbocycles. The van der Waals surface area contributed by atoms with Crippen LogP contribution in [0.2, 0.25) is 0 Å². The maximum absolute atomic E-state index is 12.1. The lowest BCUT2D eigenvalue weighted by Crippen LogP contribution is -2.23. The highest BCUT2D eigenvalue weighted by Crippen LogP contribution is 2.24. The summed E-state index contributed by atoms with van der Waals surface area (Å²) in [5.74, 6) is 0.576. The van der Waals surface area contributed by atoms with Gasteiger partial charge in [0, 0.05) is 5.56 Å². The van der Waals surface area contributed by atoms with Crippen molar-refractivity contribution in [1.82, 2.24) is 14.9 Å². The van der Waals surface area contributed by atoms with Gasteiger partial charge in [-0.25, -0.2) is 10.4 Å². The maximum Gasteiger partial charge on any atom is 0.271 e. The molecule has 0 atom stereocenters. The van der Waals surface area contributed by atoms with Crippen LogP contribution < -0.4 is 10.2 Å². The smallest absolute Gasteiger partial charge is 0.271 e. The van der Waals surface area contributed by atoms with Gasteiger partial charge in [0.15, 0.2) is 0 Å². The summed E-state index contributed by atoms with van der Waals surface area (Å²) in [7, 11) is 0. The third-order valence-corrected chi connectivity index (χ3v) is 3.98. The summed E-state index contributed by atoms with van der Waals surface area (Å²) >= 11 is 0. The van der Waals surface area contributed by atoms with E-state index in [1.807, 2.05) is 24.3 Å². The van der Waals surface area contributed by atoms with E-state index in [-0.39, 0.29) is 11.3 Å². The quantitative estimate of drug-likeness (QED) is 0.764. The third kappa shape index (κ3) is 4.47. The first-order valence-corrected chi connectivity index (χ1v) is 8.40. The Balaban J connectivity index is 1.56. The first-order chi connectivity index (χ1) is 12.4. The van der Waals surface area contributed by atoms with Crippen LogP contribution in [0.15, 0.2) is 61.2 Å². The zero-order valence-electron chi connectivity index (χ0n) is 15.1.